The zero-order valence-corrected chi connectivity index (χ0v) is 12.1. The quantitative estimate of drug-likeness (QED) is 0.798. The summed E-state index contributed by atoms with van der Waals surface area (Å²) >= 11 is 1.70. The van der Waals surface area contributed by atoms with Crippen molar-refractivity contribution < 1.29 is 0 Å². The predicted octanol–water partition coefficient (Wildman–Crippen LogP) is 2.77. The van der Waals surface area contributed by atoms with Crippen molar-refractivity contribution in [1.29, 1.82) is 0 Å². The molecule has 1 fully saturated rings. The number of nitrogens with one attached hydrogen (secondary N) is 1. The highest BCUT2D eigenvalue weighted by molar-refractivity contribution is 7.15. The van der Waals surface area contributed by atoms with Crippen molar-refractivity contribution in [3.8, 4) is 0 Å². The SMILES string of the molecule is c1ccc(CC2(Cc3cn4ccsc4n3)CNC2)cc1. The van der Waals surface area contributed by atoms with Crippen molar-refractivity contribution in [3.05, 3.63) is 59.4 Å². The average Bonchev–Trinajstić information content (AvgIpc) is 2.98. The van der Waals surface area contributed by atoms with Gasteiger partial charge < -0.3 is 5.32 Å². The summed E-state index contributed by atoms with van der Waals surface area (Å²) in [5.41, 5.74) is 2.98. The van der Waals surface area contributed by atoms with Crippen LogP contribution in [0.15, 0.2) is 48.1 Å². The fraction of sp³-hybridized carbons (Fsp3) is 0.312. The van der Waals surface area contributed by atoms with Crippen LogP contribution in [0.2, 0.25) is 0 Å². The Hall–Kier alpha value is -1.65. The van der Waals surface area contributed by atoms with Gasteiger partial charge in [0.15, 0.2) is 4.96 Å². The largest absolute Gasteiger partial charge is 0.315 e. The molecule has 3 heterocycles. The summed E-state index contributed by atoms with van der Waals surface area (Å²) in [6.45, 7) is 2.18. The van der Waals surface area contributed by atoms with Gasteiger partial charge in [0.1, 0.15) is 0 Å². The molecule has 1 saturated heterocycles. The average molecular weight is 283 g/mol. The molecule has 3 aromatic rings. The smallest absolute Gasteiger partial charge is 0.193 e. The molecule has 1 N–H and O–H groups in total. The monoisotopic (exact) mass is 283 g/mol. The first kappa shape index (κ1) is 12.1. The summed E-state index contributed by atoms with van der Waals surface area (Å²) in [5, 5.41) is 5.52. The standard InChI is InChI=1S/C16H17N3S/c1-2-4-13(5-3-1)8-16(11-17-12-16)9-14-10-19-6-7-20-15(19)18-14/h1-7,10,17H,8-9,11-12H2. The molecule has 20 heavy (non-hydrogen) atoms. The normalized spacial score (nSPS) is 17.2. The number of thiazole rings is 1. The molecule has 1 aliphatic heterocycles. The Morgan fingerprint density at radius 2 is 2.05 bits per heavy atom. The van der Waals surface area contributed by atoms with Crippen LogP contribution in [0.3, 0.4) is 0 Å². The highest BCUT2D eigenvalue weighted by Crippen LogP contribution is 2.32. The number of nitrogens with zero attached hydrogens (tertiary/aromatic N) is 2. The lowest BCUT2D eigenvalue weighted by Crippen LogP contribution is -2.56. The molecule has 0 saturated carbocycles. The zero-order chi connectivity index (χ0) is 13.4. The topological polar surface area (TPSA) is 29.3 Å². The minimum absolute atomic E-state index is 0.339. The number of aromatic nitrogens is 2. The predicted molar refractivity (Wildman–Crippen MR) is 82.2 cm³/mol. The van der Waals surface area contributed by atoms with Crippen molar-refractivity contribution in [2.24, 2.45) is 5.41 Å². The second-order valence-corrected chi connectivity index (χ2v) is 6.64. The molecule has 0 unspecified atom stereocenters. The minimum Gasteiger partial charge on any atom is -0.315 e. The molecule has 0 atom stereocenters. The van der Waals surface area contributed by atoms with Crippen molar-refractivity contribution in [3.63, 3.8) is 0 Å². The summed E-state index contributed by atoms with van der Waals surface area (Å²) in [6.07, 6.45) is 6.45. The maximum absolute atomic E-state index is 4.73. The fourth-order valence-electron chi connectivity index (χ4n) is 3.07. The van der Waals surface area contributed by atoms with Gasteiger partial charge in [-0.2, -0.15) is 0 Å². The number of benzene rings is 1. The highest BCUT2D eigenvalue weighted by atomic mass is 32.1. The second-order valence-electron chi connectivity index (χ2n) is 5.77. The molecular weight excluding hydrogens is 266 g/mol. The Morgan fingerprint density at radius 1 is 1.20 bits per heavy atom. The van der Waals surface area contributed by atoms with Crippen LogP contribution in [0.25, 0.3) is 4.96 Å². The van der Waals surface area contributed by atoms with Gasteiger partial charge in [-0.15, -0.1) is 11.3 Å². The van der Waals surface area contributed by atoms with Crippen LogP contribution in [0, 0.1) is 5.41 Å². The van der Waals surface area contributed by atoms with Crippen LogP contribution in [0.4, 0.5) is 0 Å². The van der Waals surface area contributed by atoms with Crippen LogP contribution < -0.4 is 5.32 Å². The van der Waals surface area contributed by atoms with Gasteiger partial charge in [-0.05, 0) is 18.4 Å². The Bertz CT molecular complexity index is 681. The Labute approximate surface area is 122 Å². The number of rotatable bonds is 4. The molecule has 0 aliphatic carbocycles. The van der Waals surface area contributed by atoms with Gasteiger partial charge in [-0.1, -0.05) is 30.3 Å². The summed E-state index contributed by atoms with van der Waals surface area (Å²) < 4.78 is 2.13. The van der Waals surface area contributed by atoms with E-state index in [0.717, 1.165) is 30.9 Å². The maximum atomic E-state index is 4.73. The molecule has 4 heteroatoms. The molecule has 2 aromatic heterocycles. The van der Waals surface area contributed by atoms with E-state index in [9.17, 15) is 0 Å². The lowest BCUT2D eigenvalue weighted by Gasteiger charge is -2.42. The van der Waals surface area contributed by atoms with E-state index < -0.39 is 0 Å². The van der Waals surface area contributed by atoms with Gasteiger partial charge in [0, 0.05) is 36.3 Å². The van der Waals surface area contributed by atoms with E-state index in [1.54, 1.807) is 11.3 Å². The van der Waals surface area contributed by atoms with Crippen LogP contribution in [-0.2, 0) is 12.8 Å². The first-order valence-electron chi connectivity index (χ1n) is 6.99. The molecule has 4 rings (SSSR count). The molecule has 1 aliphatic rings. The summed E-state index contributed by atoms with van der Waals surface area (Å²) in [4.78, 5) is 5.83. The minimum atomic E-state index is 0.339. The van der Waals surface area contributed by atoms with Crippen molar-refractivity contribution in [2.75, 3.05) is 13.1 Å². The van der Waals surface area contributed by atoms with E-state index in [1.807, 2.05) is 0 Å². The van der Waals surface area contributed by atoms with E-state index in [1.165, 1.54) is 11.3 Å². The van der Waals surface area contributed by atoms with Crippen LogP contribution in [0.5, 0.6) is 0 Å². The third kappa shape index (κ3) is 2.15. The molecule has 102 valence electrons. The number of imidazole rings is 1. The highest BCUT2D eigenvalue weighted by Gasteiger charge is 2.37. The van der Waals surface area contributed by atoms with Gasteiger partial charge in [0.05, 0.1) is 5.69 Å². The zero-order valence-electron chi connectivity index (χ0n) is 11.2. The molecule has 0 spiro atoms. The molecule has 3 nitrogen and oxygen atoms in total. The van der Waals surface area contributed by atoms with Crippen molar-refractivity contribution in [1.82, 2.24) is 14.7 Å². The lowest BCUT2D eigenvalue weighted by molar-refractivity contribution is 0.165. The summed E-state index contributed by atoms with van der Waals surface area (Å²) in [5.74, 6) is 0. The van der Waals surface area contributed by atoms with Crippen LogP contribution >= 0.6 is 11.3 Å². The number of hydrogen-bond acceptors (Lipinski definition) is 3. The fourth-order valence-corrected chi connectivity index (χ4v) is 3.78. The third-order valence-corrected chi connectivity index (χ3v) is 4.89. The first-order chi connectivity index (χ1) is 9.83. The van der Waals surface area contributed by atoms with Gasteiger partial charge in [0.25, 0.3) is 0 Å². The third-order valence-electron chi connectivity index (χ3n) is 4.12. The molecule has 0 amide bonds. The van der Waals surface area contributed by atoms with Crippen molar-refractivity contribution >= 4 is 16.3 Å². The summed E-state index contributed by atoms with van der Waals surface area (Å²) in [7, 11) is 0. The van der Waals surface area contributed by atoms with Gasteiger partial charge in [-0.25, -0.2) is 4.98 Å². The molecule has 0 bridgehead atoms. The van der Waals surface area contributed by atoms with Crippen LogP contribution in [0.1, 0.15) is 11.3 Å². The Balaban J connectivity index is 1.56. The first-order valence-corrected chi connectivity index (χ1v) is 7.87. The van der Waals surface area contributed by atoms with E-state index in [2.05, 4.69) is 57.8 Å². The van der Waals surface area contributed by atoms with E-state index in [-0.39, 0.29) is 0 Å². The number of fused-ring (bicyclic) bond motifs is 1. The van der Waals surface area contributed by atoms with Crippen LogP contribution in [-0.4, -0.2) is 22.5 Å². The Kier molecular flexibility index (Phi) is 2.86. The molecule has 1 aromatic carbocycles. The molecule has 0 radical (unpaired) electrons. The van der Waals surface area contributed by atoms with Crippen molar-refractivity contribution in [2.45, 2.75) is 12.8 Å². The van der Waals surface area contributed by atoms with E-state index in [0.29, 0.717) is 5.41 Å². The summed E-state index contributed by atoms with van der Waals surface area (Å²) in [6, 6.07) is 10.8. The second kappa shape index (κ2) is 4.72. The number of hydrogen-bond donors (Lipinski definition) is 1. The Morgan fingerprint density at radius 3 is 2.75 bits per heavy atom. The van der Waals surface area contributed by atoms with E-state index >= 15 is 0 Å². The lowest BCUT2D eigenvalue weighted by atomic mass is 9.73. The maximum Gasteiger partial charge on any atom is 0.193 e. The van der Waals surface area contributed by atoms with Gasteiger partial charge in [-0.3, -0.25) is 4.40 Å². The van der Waals surface area contributed by atoms with Gasteiger partial charge in [0.2, 0.25) is 0 Å². The molecular formula is C16H17N3S. The van der Waals surface area contributed by atoms with E-state index in [4.69, 9.17) is 4.98 Å². The van der Waals surface area contributed by atoms with Gasteiger partial charge >= 0.3 is 0 Å².